The van der Waals surface area contributed by atoms with Crippen LogP contribution < -0.4 is 10.6 Å². The topological polar surface area (TPSA) is 118 Å². The van der Waals surface area contributed by atoms with Crippen LogP contribution in [0.5, 0.6) is 5.75 Å². The summed E-state index contributed by atoms with van der Waals surface area (Å²) >= 11 is 1.03. The summed E-state index contributed by atoms with van der Waals surface area (Å²) in [6, 6.07) is 6.70. The Morgan fingerprint density at radius 2 is 2.08 bits per heavy atom. The molecule has 1 aromatic heterocycles. The minimum absolute atomic E-state index is 0.154. The zero-order chi connectivity index (χ0) is 19.1. The van der Waals surface area contributed by atoms with E-state index in [9.17, 15) is 19.5 Å². The fourth-order valence-corrected chi connectivity index (χ4v) is 3.02. The van der Waals surface area contributed by atoms with Crippen molar-refractivity contribution in [1.29, 1.82) is 0 Å². The van der Waals surface area contributed by atoms with E-state index in [0.717, 1.165) is 16.9 Å². The lowest BCUT2D eigenvalue weighted by Gasteiger charge is -2.03. The number of benzene rings is 1. The number of nitrogens with one attached hydrogen (secondary N) is 2. The number of phenols is 1. The summed E-state index contributed by atoms with van der Waals surface area (Å²) in [5.74, 6) is -1.10. The minimum atomic E-state index is -0.555. The van der Waals surface area contributed by atoms with Gasteiger partial charge in [0.15, 0.2) is 5.13 Å². The van der Waals surface area contributed by atoms with Crippen molar-refractivity contribution in [2.75, 3.05) is 19.0 Å². The predicted molar refractivity (Wildman–Crippen MR) is 96.3 cm³/mol. The normalized spacial score (nSPS) is 10.2. The Morgan fingerprint density at radius 1 is 1.31 bits per heavy atom. The molecule has 26 heavy (non-hydrogen) atoms. The number of nitrogens with zero attached hydrogens (tertiary/aromatic N) is 1. The third kappa shape index (κ3) is 5.55. The van der Waals surface area contributed by atoms with E-state index in [2.05, 4.69) is 20.4 Å². The van der Waals surface area contributed by atoms with E-state index in [1.807, 2.05) is 6.07 Å². The van der Waals surface area contributed by atoms with Crippen molar-refractivity contribution in [3.05, 3.63) is 40.4 Å². The molecule has 0 atom stereocenters. The van der Waals surface area contributed by atoms with Crippen LogP contribution in [-0.4, -0.2) is 41.5 Å². The highest BCUT2D eigenvalue weighted by molar-refractivity contribution is 7.17. The lowest BCUT2D eigenvalue weighted by atomic mass is 10.1. The van der Waals surface area contributed by atoms with Gasteiger partial charge in [-0.1, -0.05) is 23.5 Å². The van der Waals surface area contributed by atoms with Gasteiger partial charge in [0.05, 0.1) is 12.8 Å². The first-order chi connectivity index (χ1) is 12.4. The summed E-state index contributed by atoms with van der Waals surface area (Å²) in [4.78, 5) is 39.6. The molecule has 0 aliphatic carbocycles. The van der Waals surface area contributed by atoms with Crippen molar-refractivity contribution < 1.29 is 24.2 Å². The number of ether oxygens (including phenoxy) is 1. The number of esters is 1. The molecule has 0 aliphatic heterocycles. The zero-order valence-electron chi connectivity index (χ0n) is 14.4. The molecule has 2 amide bonds. The number of rotatable bonds is 7. The number of hydrogen-bond acceptors (Lipinski definition) is 7. The highest BCUT2D eigenvalue weighted by Crippen LogP contribution is 2.23. The number of anilines is 1. The van der Waals surface area contributed by atoms with E-state index < -0.39 is 11.9 Å². The van der Waals surface area contributed by atoms with Crippen molar-refractivity contribution in [1.82, 2.24) is 10.3 Å². The Bertz CT molecular complexity index is 818. The van der Waals surface area contributed by atoms with Crippen LogP contribution in [0.2, 0.25) is 0 Å². The molecular formula is C17H19N3O5S. The number of amides is 2. The molecule has 8 nitrogen and oxygen atoms in total. The second kappa shape index (κ2) is 8.95. The maximum Gasteiger partial charge on any atom is 0.325 e. The van der Waals surface area contributed by atoms with E-state index in [1.54, 1.807) is 25.1 Å². The molecule has 1 aromatic carbocycles. The molecule has 0 bridgehead atoms. The van der Waals surface area contributed by atoms with Crippen molar-refractivity contribution in [2.24, 2.45) is 0 Å². The number of carbonyl (C=O) groups is 3. The van der Waals surface area contributed by atoms with Gasteiger partial charge < -0.3 is 20.5 Å². The third-order valence-electron chi connectivity index (χ3n) is 3.42. The second-order valence-electron chi connectivity index (χ2n) is 5.41. The summed E-state index contributed by atoms with van der Waals surface area (Å²) < 4.78 is 4.46. The van der Waals surface area contributed by atoms with Crippen molar-refractivity contribution in [2.45, 2.75) is 19.8 Å². The van der Waals surface area contributed by atoms with Gasteiger partial charge in [-0.2, -0.15) is 0 Å². The SMILES string of the molecule is COC(=O)CNC(=O)c1sc(NC(=O)CCc2cccc(O)c2)nc1C. The number of aryl methyl sites for hydroxylation is 2. The van der Waals surface area contributed by atoms with E-state index in [1.165, 1.54) is 7.11 Å². The fourth-order valence-electron chi connectivity index (χ4n) is 2.12. The number of phenolic OH excluding ortho intramolecular Hbond substituents is 1. The van der Waals surface area contributed by atoms with E-state index in [4.69, 9.17) is 0 Å². The van der Waals surface area contributed by atoms with Crippen molar-refractivity contribution in [3.8, 4) is 5.75 Å². The first-order valence-electron chi connectivity index (χ1n) is 7.79. The molecule has 138 valence electrons. The molecule has 0 fully saturated rings. The molecule has 0 aliphatic rings. The van der Waals surface area contributed by atoms with Crippen LogP contribution in [0.25, 0.3) is 0 Å². The Balaban J connectivity index is 1.90. The minimum Gasteiger partial charge on any atom is -0.508 e. The zero-order valence-corrected chi connectivity index (χ0v) is 15.2. The summed E-state index contributed by atoms with van der Waals surface area (Å²) in [6.45, 7) is 1.41. The number of thiazole rings is 1. The first kappa shape index (κ1) is 19.4. The maximum absolute atomic E-state index is 12.0. The van der Waals surface area contributed by atoms with Crippen LogP contribution in [0.4, 0.5) is 5.13 Å². The Kier molecular flexibility index (Phi) is 6.67. The third-order valence-corrected chi connectivity index (χ3v) is 4.49. The van der Waals surface area contributed by atoms with Gasteiger partial charge in [0, 0.05) is 6.42 Å². The van der Waals surface area contributed by atoms with Crippen LogP contribution in [0, 0.1) is 6.92 Å². The monoisotopic (exact) mass is 377 g/mol. The number of hydrogen-bond donors (Lipinski definition) is 3. The quantitative estimate of drug-likeness (QED) is 0.631. The molecule has 1 heterocycles. The average Bonchev–Trinajstić information content (AvgIpc) is 2.97. The summed E-state index contributed by atoms with van der Waals surface area (Å²) in [7, 11) is 1.23. The maximum atomic E-state index is 12.0. The summed E-state index contributed by atoms with van der Waals surface area (Å²) in [5, 5.41) is 14.8. The fraction of sp³-hybridized carbons (Fsp3) is 0.294. The van der Waals surface area contributed by atoms with Gasteiger partial charge in [0.1, 0.15) is 17.2 Å². The molecule has 9 heteroatoms. The molecule has 2 aromatic rings. The van der Waals surface area contributed by atoms with Crippen molar-refractivity contribution >= 4 is 34.3 Å². The van der Waals surface area contributed by atoms with E-state index >= 15 is 0 Å². The Hall–Kier alpha value is -2.94. The summed E-state index contributed by atoms with van der Waals surface area (Å²) in [6.07, 6.45) is 0.684. The lowest BCUT2D eigenvalue weighted by molar-refractivity contribution is -0.139. The summed E-state index contributed by atoms with van der Waals surface area (Å²) in [5.41, 5.74) is 1.30. The number of aromatic hydroxyl groups is 1. The largest absolute Gasteiger partial charge is 0.508 e. The van der Waals surface area contributed by atoms with Crippen LogP contribution in [0.3, 0.4) is 0 Å². The van der Waals surface area contributed by atoms with Crippen LogP contribution in [0.15, 0.2) is 24.3 Å². The molecule has 0 saturated carbocycles. The van der Waals surface area contributed by atoms with Gasteiger partial charge in [-0.05, 0) is 31.0 Å². The lowest BCUT2D eigenvalue weighted by Crippen LogP contribution is -2.29. The number of carbonyl (C=O) groups excluding carboxylic acids is 3. The van der Waals surface area contributed by atoms with Crippen LogP contribution in [0.1, 0.15) is 27.3 Å². The van der Waals surface area contributed by atoms with Crippen LogP contribution >= 0.6 is 11.3 Å². The van der Waals surface area contributed by atoms with Gasteiger partial charge in [-0.25, -0.2) is 4.98 Å². The molecule has 0 unspecified atom stereocenters. The van der Waals surface area contributed by atoms with Gasteiger partial charge >= 0.3 is 5.97 Å². The standard InChI is InChI=1S/C17H19N3O5S/c1-10-15(16(24)18-9-14(23)25-2)26-17(19-10)20-13(22)7-6-11-4-3-5-12(21)8-11/h3-5,8,21H,6-7,9H2,1-2H3,(H,18,24)(H,19,20,22). The Labute approximate surface area is 154 Å². The molecule has 2 rings (SSSR count). The van der Waals surface area contributed by atoms with Gasteiger partial charge in [-0.3, -0.25) is 14.4 Å². The molecule has 0 radical (unpaired) electrons. The smallest absolute Gasteiger partial charge is 0.325 e. The number of aromatic nitrogens is 1. The van der Waals surface area contributed by atoms with Crippen LogP contribution in [-0.2, 0) is 20.7 Å². The van der Waals surface area contributed by atoms with Gasteiger partial charge in [0.25, 0.3) is 5.91 Å². The average molecular weight is 377 g/mol. The van der Waals surface area contributed by atoms with E-state index in [0.29, 0.717) is 22.1 Å². The van der Waals surface area contributed by atoms with Gasteiger partial charge in [0.2, 0.25) is 5.91 Å². The molecule has 0 saturated heterocycles. The van der Waals surface area contributed by atoms with Gasteiger partial charge in [-0.15, -0.1) is 0 Å². The van der Waals surface area contributed by atoms with Crippen molar-refractivity contribution in [3.63, 3.8) is 0 Å². The first-order valence-corrected chi connectivity index (χ1v) is 8.61. The second-order valence-corrected chi connectivity index (χ2v) is 6.41. The Morgan fingerprint density at radius 3 is 2.77 bits per heavy atom. The molecule has 0 spiro atoms. The predicted octanol–water partition coefficient (Wildman–Crippen LogP) is 1.63. The highest BCUT2D eigenvalue weighted by atomic mass is 32.1. The molecule has 3 N–H and O–H groups in total. The number of methoxy groups -OCH3 is 1. The highest BCUT2D eigenvalue weighted by Gasteiger charge is 2.17. The molecular weight excluding hydrogens is 358 g/mol. The van der Waals surface area contributed by atoms with E-state index in [-0.39, 0.29) is 24.6 Å².